The fourth-order valence-corrected chi connectivity index (χ4v) is 1.27. The number of carboxylic acids is 1. The SMILES string of the molecule is Cc1ccnc(Oc2cccc(C(=O)O)c2)n1. The van der Waals surface area contributed by atoms with E-state index in [2.05, 4.69) is 9.97 Å². The van der Waals surface area contributed by atoms with Crippen LogP contribution in [0.1, 0.15) is 16.1 Å². The molecule has 86 valence electrons. The molecule has 0 aliphatic heterocycles. The van der Waals surface area contributed by atoms with E-state index < -0.39 is 5.97 Å². The van der Waals surface area contributed by atoms with Crippen molar-refractivity contribution in [1.29, 1.82) is 0 Å². The summed E-state index contributed by atoms with van der Waals surface area (Å²) in [6.07, 6.45) is 1.58. The first-order valence-electron chi connectivity index (χ1n) is 4.96. The first kappa shape index (κ1) is 11.1. The summed E-state index contributed by atoms with van der Waals surface area (Å²) in [7, 11) is 0. The number of hydrogen-bond donors (Lipinski definition) is 1. The molecule has 17 heavy (non-hydrogen) atoms. The lowest BCUT2D eigenvalue weighted by Gasteiger charge is -2.04. The summed E-state index contributed by atoms with van der Waals surface area (Å²) in [6, 6.07) is 8.13. The molecule has 5 nitrogen and oxygen atoms in total. The zero-order valence-electron chi connectivity index (χ0n) is 9.12. The molecule has 0 unspecified atom stereocenters. The Morgan fingerprint density at radius 1 is 1.35 bits per heavy atom. The number of aromatic carboxylic acids is 1. The highest BCUT2D eigenvalue weighted by molar-refractivity contribution is 5.88. The number of rotatable bonds is 3. The third kappa shape index (κ3) is 2.78. The van der Waals surface area contributed by atoms with Crippen molar-refractivity contribution in [3.8, 4) is 11.8 Å². The van der Waals surface area contributed by atoms with E-state index in [1.54, 1.807) is 24.4 Å². The Balaban J connectivity index is 2.24. The van der Waals surface area contributed by atoms with E-state index in [0.29, 0.717) is 5.75 Å². The van der Waals surface area contributed by atoms with Gasteiger partial charge in [0.05, 0.1) is 5.56 Å². The average Bonchev–Trinajstić information content (AvgIpc) is 2.29. The molecule has 0 saturated carbocycles. The van der Waals surface area contributed by atoms with Gasteiger partial charge in [-0.3, -0.25) is 0 Å². The van der Waals surface area contributed by atoms with Crippen LogP contribution in [0.4, 0.5) is 0 Å². The number of ether oxygens (including phenoxy) is 1. The Morgan fingerprint density at radius 2 is 2.18 bits per heavy atom. The van der Waals surface area contributed by atoms with Crippen LogP contribution >= 0.6 is 0 Å². The van der Waals surface area contributed by atoms with Crippen LogP contribution in [0.5, 0.6) is 11.8 Å². The van der Waals surface area contributed by atoms with Crippen molar-refractivity contribution in [1.82, 2.24) is 9.97 Å². The second kappa shape index (κ2) is 4.61. The fraction of sp³-hybridized carbons (Fsp3) is 0.0833. The highest BCUT2D eigenvalue weighted by Crippen LogP contribution is 2.18. The van der Waals surface area contributed by atoms with E-state index in [4.69, 9.17) is 9.84 Å². The second-order valence-corrected chi connectivity index (χ2v) is 3.42. The number of carbonyl (C=O) groups is 1. The quantitative estimate of drug-likeness (QED) is 0.875. The molecule has 0 spiro atoms. The lowest BCUT2D eigenvalue weighted by Crippen LogP contribution is -1.97. The molecule has 0 saturated heterocycles. The van der Waals surface area contributed by atoms with Crippen molar-refractivity contribution in [2.75, 3.05) is 0 Å². The molecule has 0 radical (unpaired) electrons. The van der Waals surface area contributed by atoms with Gasteiger partial charge in [0.1, 0.15) is 5.75 Å². The molecular weight excluding hydrogens is 220 g/mol. The van der Waals surface area contributed by atoms with Crippen LogP contribution < -0.4 is 4.74 Å². The maximum Gasteiger partial charge on any atom is 0.335 e. The van der Waals surface area contributed by atoms with Crippen molar-refractivity contribution < 1.29 is 14.6 Å². The number of hydrogen-bond acceptors (Lipinski definition) is 4. The van der Waals surface area contributed by atoms with Gasteiger partial charge in [-0.2, -0.15) is 0 Å². The van der Waals surface area contributed by atoms with E-state index in [1.165, 1.54) is 12.1 Å². The number of nitrogens with zero attached hydrogens (tertiary/aromatic N) is 2. The number of aryl methyl sites for hydroxylation is 1. The Hall–Kier alpha value is -2.43. The molecule has 2 aromatic rings. The maximum absolute atomic E-state index is 10.8. The zero-order valence-corrected chi connectivity index (χ0v) is 9.12. The molecule has 2 rings (SSSR count). The smallest absolute Gasteiger partial charge is 0.335 e. The van der Waals surface area contributed by atoms with E-state index >= 15 is 0 Å². The van der Waals surface area contributed by atoms with Gasteiger partial charge in [0.25, 0.3) is 0 Å². The van der Waals surface area contributed by atoms with Crippen molar-refractivity contribution in [2.45, 2.75) is 6.92 Å². The molecule has 1 aromatic carbocycles. The number of aromatic nitrogens is 2. The average molecular weight is 230 g/mol. The van der Waals surface area contributed by atoms with Gasteiger partial charge in [0.2, 0.25) is 0 Å². The van der Waals surface area contributed by atoms with Crippen LogP contribution in [0.2, 0.25) is 0 Å². The van der Waals surface area contributed by atoms with E-state index in [1.807, 2.05) is 6.92 Å². The summed E-state index contributed by atoms with van der Waals surface area (Å²) < 4.78 is 5.36. The van der Waals surface area contributed by atoms with Crippen molar-refractivity contribution in [3.63, 3.8) is 0 Å². The normalized spacial score (nSPS) is 9.94. The summed E-state index contributed by atoms with van der Waals surface area (Å²) in [5.41, 5.74) is 0.944. The Kier molecular flexibility index (Phi) is 3.00. The number of carboxylic acid groups (broad SMARTS) is 1. The third-order valence-electron chi connectivity index (χ3n) is 2.06. The summed E-state index contributed by atoms with van der Waals surface area (Å²) >= 11 is 0. The molecule has 1 heterocycles. The van der Waals surface area contributed by atoms with E-state index in [9.17, 15) is 4.79 Å². The summed E-state index contributed by atoms with van der Waals surface area (Å²) in [5.74, 6) is -0.601. The first-order valence-corrected chi connectivity index (χ1v) is 4.96. The lowest BCUT2D eigenvalue weighted by atomic mass is 10.2. The van der Waals surface area contributed by atoms with Crippen molar-refractivity contribution in [3.05, 3.63) is 47.8 Å². The monoisotopic (exact) mass is 230 g/mol. The largest absolute Gasteiger partial charge is 0.478 e. The topological polar surface area (TPSA) is 72.3 Å². The van der Waals surface area contributed by atoms with Crippen LogP contribution in [0, 0.1) is 6.92 Å². The Bertz CT molecular complexity index is 555. The molecule has 0 amide bonds. The molecule has 0 atom stereocenters. The molecule has 0 aliphatic carbocycles. The minimum Gasteiger partial charge on any atom is -0.478 e. The molecule has 5 heteroatoms. The second-order valence-electron chi connectivity index (χ2n) is 3.42. The van der Waals surface area contributed by atoms with Gasteiger partial charge in [0, 0.05) is 11.9 Å². The fourth-order valence-electron chi connectivity index (χ4n) is 1.27. The summed E-state index contributed by atoms with van der Waals surface area (Å²) in [5, 5.41) is 8.83. The predicted molar refractivity (Wildman–Crippen MR) is 60.2 cm³/mol. The molecule has 0 bridgehead atoms. The maximum atomic E-state index is 10.8. The van der Waals surface area contributed by atoms with E-state index in [-0.39, 0.29) is 11.6 Å². The zero-order chi connectivity index (χ0) is 12.3. The molecule has 1 N–H and O–H groups in total. The van der Waals surface area contributed by atoms with Crippen molar-refractivity contribution >= 4 is 5.97 Å². The highest BCUT2D eigenvalue weighted by Gasteiger charge is 2.05. The summed E-state index contributed by atoms with van der Waals surface area (Å²) in [4.78, 5) is 18.8. The summed E-state index contributed by atoms with van der Waals surface area (Å²) in [6.45, 7) is 1.82. The van der Waals surface area contributed by atoms with E-state index in [0.717, 1.165) is 5.69 Å². The van der Waals surface area contributed by atoms with Crippen molar-refractivity contribution in [2.24, 2.45) is 0 Å². The molecule has 0 fully saturated rings. The third-order valence-corrected chi connectivity index (χ3v) is 2.06. The van der Waals surface area contributed by atoms with Crippen LogP contribution in [-0.4, -0.2) is 21.0 Å². The standard InChI is InChI=1S/C12H10N2O3/c1-8-5-6-13-12(14-8)17-10-4-2-3-9(7-10)11(15)16/h2-7H,1H3,(H,15,16). The lowest BCUT2D eigenvalue weighted by molar-refractivity contribution is 0.0696. The van der Waals surface area contributed by atoms with Gasteiger partial charge in [-0.15, -0.1) is 0 Å². The van der Waals surface area contributed by atoms with Gasteiger partial charge < -0.3 is 9.84 Å². The first-order chi connectivity index (χ1) is 8.15. The predicted octanol–water partition coefficient (Wildman–Crippen LogP) is 2.28. The van der Waals surface area contributed by atoms with Crippen LogP contribution in [0.25, 0.3) is 0 Å². The molecular formula is C12H10N2O3. The number of benzene rings is 1. The van der Waals surface area contributed by atoms with Gasteiger partial charge in [-0.05, 0) is 31.2 Å². The van der Waals surface area contributed by atoms with Gasteiger partial charge in [-0.25, -0.2) is 14.8 Å². The highest BCUT2D eigenvalue weighted by atomic mass is 16.5. The molecule has 1 aromatic heterocycles. The van der Waals surface area contributed by atoms with Crippen LogP contribution in [0.15, 0.2) is 36.5 Å². The van der Waals surface area contributed by atoms with Gasteiger partial charge >= 0.3 is 12.0 Å². The van der Waals surface area contributed by atoms with Gasteiger partial charge in [-0.1, -0.05) is 6.07 Å². The minimum absolute atomic E-state index is 0.162. The Labute approximate surface area is 97.7 Å². The van der Waals surface area contributed by atoms with Crippen LogP contribution in [-0.2, 0) is 0 Å². The Morgan fingerprint density at radius 3 is 2.88 bits per heavy atom. The minimum atomic E-state index is -0.999. The molecule has 0 aliphatic rings. The van der Waals surface area contributed by atoms with Crippen LogP contribution in [0.3, 0.4) is 0 Å². The van der Waals surface area contributed by atoms with Gasteiger partial charge in [0.15, 0.2) is 0 Å².